The molecule has 0 aliphatic rings. The lowest BCUT2D eigenvalue weighted by molar-refractivity contribution is -0.481. The van der Waals surface area contributed by atoms with Crippen LogP contribution in [0, 0.1) is 10.1 Å². The van der Waals surface area contributed by atoms with E-state index in [1.165, 1.54) is 12.1 Å². The zero-order valence-electron chi connectivity index (χ0n) is 18.9. The third-order valence-corrected chi connectivity index (χ3v) is 6.32. The normalized spacial score (nSPS) is 12.5. The Bertz CT molecular complexity index is 1210. The van der Waals surface area contributed by atoms with Crippen molar-refractivity contribution in [2.75, 3.05) is 11.9 Å². The number of halogens is 5. The number of rotatable bonds is 6. The highest BCUT2D eigenvalue weighted by Gasteiger charge is 2.36. The lowest BCUT2D eigenvalue weighted by atomic mass is 9.86. The third-order valence-electron chi connectivity index (χ3n) is 4.98. The molecule has 6 nitrogen and oxygen atoms in total. The first-order valence-electron chi connectivity index (χ1n) is 10.1. The van der Waals surface area contributed by atoms with E-state index in [1.54, 1.807) is 24.3 Å². The highest BCUT2D eigenvalue weighted by Crippen LogP contribution is 2.40. The molecule has 0 bridgehead atoms. The zero-order valence-corrected chi connectivity index (χ0v) is 22.1. The molecular weight excluding hydrogens is 571 g/mol. The van der Waals surface area contributed by atoms with Crippen LogP contribution < -0.4 is 5.32 Å². The summed E-state index contributed by atoms with van der Waals surface area (Å²) in [6.07, 6.45) is -4.70. The van der Waals surface area contributed by atoms with Crippen LogP contribution in [-0.2, 0) is 11.6 Å². The number of hydrogen-bond donors (Lipinski definition) is 1. The zero-order chi connectivity index (χ0) is 25.3. The number of nitrogens with one attached hydrogen (secondary N) is 1. The van der Waals surface area contributed by atoms with E-state index < -0.39 is 46.0 Å². The van der Waals surface area contributed by atoms with Crippen molar-refractivity contribution in [1.29, 1.82) is 0 Å². The molecular formula is C23H22BrClF3N3O3S. The Morgan fingerprint density at radius 1 is 1.14 bits per heavy atom. The number of anilines is 1. The number of alkyl halides is 3. The molecule has 3 rings (SSSR count). The van der Waals surface area contributed by atoms with Gasteiger partial charge < -0.3 is 0 Å². The first-order valence-corrected chi connectivity index (χ1v) is 11.3. The summed E-state index contributed by atoms with van der Waals surface area (Å²) in [7, 11) is 0. The molecule has 3 aromatic rings. The summed E-state index contributed by atoms with van der Waals surface area (Å²) < 4.78 is 40.0. The lowest BCUT2D eigenvalue weighted by Gasteiger charge is -2.21. The Labute approximate surface area is 219 Å². The molecule has 1 unspecified atom stereocenters. The van der Waals surface area contributed by atoms with Crippen molar-refractivity contribution >= 4 is 51.0 Å². The number of amides is 1. The molecule has 1 aromatic heterocycles. The molecule has 35 heavy (non-hydrogen) atoms. The summed E-state index contributed by atoms with van der Waals surface area (Å²) in [5.74, 6) is -1.65. The third kappa shape index (κ3) is 7.02. The van der Waals surface area contributed by atoms with Crippen molar-refractivity contribution in [1.82, 2.24) is 4.98 Å². The molecule has 1 amide bonds. The van der Waals surface area contributed by atoms with Crippen molar-refractivity contribution in [3.05, 3.63) is 90.9 Å². The monoisotopic (exact) mass is 591 g/mol. The molecule has 1 atom stereocenters. The molecule has 0 fully saturated rings. The predicted molar refractivity (Wildman–Crippen MR) is 136 cm³/mol. The van der Waals surface area contributed by atoms with E-state index in [0.29, 0.717) is 21.2 Å². The van der Waals surface area contributed by atoms with Crippen LogP contribution in [0.4, 0.5) is 18.3 Å². The average Bonchev–Trinajstić information content (AvgIpc) is 3.16. The number of thiazole rings is 1. The van der Waals surface area contributed by atoms with Crippen molar-refractivity contribution in [3.63, 3.8) is 0 Å². The summed E-state index contributed by atoms with van der Waals surface area (Å²) >= 11 is 6.98. The van der Waals surface area contributed by atoms with E-state index in [-0.39, 0.29) is 22.1 Å². The second kappa shape index (κ2) is 11.0. The van der Waals surface area contributed by atoms with Crippen LogP contribution in [0.1, 0.15) is 58.7 Å². The molecule has 0 radical (unpaired) electrons. The Kier molecular flexibility index (Phi) is 9.07. The smallest absolute Gasteiger partial charge is 0.298 e. The quantitative estimate of drug-likeness (QED) is 0.240. The molecule has 0 saturated carbocycles. The fourth-order valence-electron chi connectivity index (χ4n) is 3.44. The van der Waals surface area contributed by atoms with Crippen LogP contribution in [0.2, 0.25) is 5.02 Å². The number of hydrogen-bond acceptors (Lipinski definition) is 5. The first-order chi connectivity index (χ1) is 15.8. The van der Waals surface area contributed by atoms with Crippen molar-refractivity contribution in [2.45, 2.75) is 38.3 Å². The summed E-state index contributed by atoms with van der Waals surface area (Å²) in [4.78, 5) is 28.8. The standard InChI is InChI=1S/C23H21ClF3N3O3S.BrH/c1-22(2,3)19-18(16(12-30(32)33)13-8-10-14(24)11-9-13)34-21(28-19)29-20(31)15-6-4-5-7-17(15)23(25,26)27;/h4-11,16H,12H2,1-3H3,(H,28,29,31);1H. The van der Waals surface area contributed by atoms with E-state index in [2.05, 4.69) is 10.3 Å². The van der Waals surface area contributed by atoms with Crippen LogP contribution in [-0.4, -0.2) is 22.4 Å². The number of benzene rings is 2. The Balaban J connectivity index is 0.00000432. The maximum atomic E-state index is 13.3. The number of aromatic nitrogens is 1. The second-order valence-electron chi connectivity index (χ2n) is 8.60. The van der Waals surface area contributed by atoms with Crippen molar-refractivity contribution in [3.8, 4) is 0 Å². The van der Waals surface area contributed by atoms with Crippen molar-refractivity contribution in [2.24, 2.45) is 0 Å². The molecule has 0 saturated heterocycles. The molecule has 12 heteroatoms. The van der Waals surface area contributed by atoms with Gasteiger partial charge in [-0.1, -0.05) is 56.6 Å². The van der Waals surface area contributed by atoms with E-state index in [0.717, 1.165) is 23.5 Å². The topological polar surface area (TPSA) is 85.1 Å². The molecule has 1 N–H and O–H groups in total. The SMILES string of the molecule is Br.CC(C)(C)c1nc(NC(=O)c2ccccc2C(F)(F)F)sc1C(C[N+](=O)[O-])c1ccc(Cl)cc1. The van der Waals surface area contributed by atoms with E-state index in [4.69, 9.17) is 11.6 Å². The summed E-state index contributed by atoms with van der Waals surface area (Å²) in [5.41, 5.74) is -1.01. The van der Waals surface area contributed by atoms with Crippen LogP contribution in [0.5, 0.6) is 0 Å². The minimum absolute atomic E-state index is 0. The summed E-state index contributed by atoms with van der Waals surface area (Å²) in [5, 5.41) is 14.5. The molecule has 188 valence electrons. The van der Waals surface area contributed by atoms with Gasteiger partial charge in [-0.15, -0.1) is 28.3 Å². The summed E-state index contributed by atoms with van der Waals surface area (Å²) in [6.45, 7) is 5.15. The largest absolute Gasteiger partial charge is 0.417 e. The predicted octanol–water partition coefficient (Wildman–Crippen LogP) is 7.35. The minimum Gasteiger partial charge on any atom is -0.298 e. The molecule has 0 spiro atoms. The van der Waals surface area contributed by atoms with Gasteiger partial charge in [0, 0.05) is 20.2 Å². The molecule has 0 aliphatic heterocycles. The second-order valence-corrected chi connectivity index (χ2v) is 10.1. The van der Waals surface area contributed by atoms with Gasteiger partial charge in [-0.25, -0.2) is 4.98 Å². The number of nitro groups is 1. The van der Waals surface area contributed by atoms with E-state index in [9.17, 15) is 28.1 Å². The number of carbonyl (C=O) groups is 1. The maximum Gasteiger partial charge on any atom is 0.417 e. The Morgan fingerprint density at radius 3 is 2.29 bits per heavy atom. The molecule has 1 heterocycles. The fraction of sp³-hybridized carbons (Fsp3) is 0.304. The van der Waals surface area contributed by atoms with E-state index in [1.807, 2.05) is 20.8 Å². The van der Waals surface area contributed by atoms with Crippen molar-refractivity contribution < 1.29 is 22.9 Å². The maximum absolute atomic E-state index is 13.3. The van der Waals surface area contributed by atoms with Gasteiger partial charge >= 0.3 is 6.18 Å². The van der Waals surface area contributed by atoms with Crippen LogP contribution in [0.3, 0.4) is 0 Å². The van der Waals surface area contributed by atoms with Gasteiger partial charge in [0.15, 0.2) is 5.13 Å². The highest BCUT2D eigenvalue weighted by molar-refractivity contribution is 8.93. The average molecular weight is 593 g/mol. The van der Waals surface area contributed by atoms with Gasteiger partial charge in [-0.05, 0) is 29.8 Å². The number of nitrogens with zero attached hydrogens (tertiary/aromatic N) is 2. The van der Waals surface area contributed by atoms with Gasteiger partial charge in [0.05, 0.1) is 22.7 Å². The first kappa shape index (κ1) is 28.7. The van der Waals surface area contributed by atoms with E-state index >= 15 is 0 Å². The Morgan fingerprint density at radius 2 is 1.74 bits per heavy atom. The van der Waals surface area contributed by atoms with Gasteiger partial charge in [0.1, 0.15) is 0 Å². The van der Waals surface area contributed by atoms with Gasteiger partial charge in [-0.3, -0.25) is 20.2 Å². The Hall–Kier alpha value is -2.50. The lowest BCUT2D eigenvalue weighted by Crippen LogP contribution is -2.20. The van der Waals surface area contributed by atoms with Crippen LogP contribution in [0.15, 0.2) is 48.5 Å². The fourth-order valence-corrected chi connectivity index (χ4v) is 4.85. The molecule has 2 aromatic carbocycles. The highest BCUT2D eigenvalue weighted by atomic mass is 79.9. The summed E-state index contributed by atoms with van der Waals surface area (Å²) in [6, 6.07) is 11.1. The van der Waals surface area contributed by atoms with Crippen LogP contribution in [0.25, 0.3) is 0 Å². The number of carbonyl (C=O) groups excluding carboxylic acids is 1. The van der Waals surface area contributed by atoms with Crippen LogP contribution >= 0.6 is 39.9 Å². The van der Waals surface area contributed by atoms with Gasteiger partial charge in [0.25, 0.3) is 5.91 Å². The van der Waals surface area contributed by atoms with Gasteiger partial charge in [0.2, 0.25) is 6.54 Å². The van der Waals surface area contributed by atoms with Gasteiger partial charge in [-0.2, -0.15) is 13.2 Å². The molecule has 0 aliphatic carbocycles. The minimum atomic E-state index is -4.70.